The molecule has 3 heteroatoms. The van der Waals surface area contributed by atoms with Crippen LogP contribution < -0.4 is 5.32 Å². The van der Waals surface area contributed by atoms with Gasteiger partial charge in [0, 0.05) is 17.7 Å². The summed E-state index contributed by atoms with van der Waals surface area (Å²) >= 11 is 0. The average Bonchev–Trinajstić information content (AvgIpc) is 2.15. The molecule has 0 amide bonds. The Hall–Kier alpha value is -0.960. The van der Waals surface area contributed by atoms with Crippen molar-refractivity contribution in [3.8, 4) is 0 Å². The molecule has 3 nitrogen and oxygen atoms in total. The van der Waals surface area contributed by atoms with Crippen molar-refractivity contribution in [1.29, 1.82) is 0 Å². The Morgan fingerprint density at radius 3 is 2.21 bits per heavy atom. The van der Waals surface area contributed by atoms with Crippen molar-refractivity contribution in [2.75, 3.05) is 7.05 Å². The first-order chi connectivity index (χ1) is 6.45. The van der Waals surface area contributed by atoms with E-state index in [1.165, 1.54) is 0 Å². The lowest BCUT2D eigenvalue weighted by Crippen LogP contribution is -2.17. The molecule has 1 aromatic rings. The molecule has 0 saturated carbocycles. The zero-order valence-corrected chi connectivity index (χ0v) is 9.63. The highest BCUT2D eigenvalue weighted by molar-refractivity contribution is 5.12. The molecule has 1 atom stereocenters. The van der Waals surface area contributed by atoms with Gasteiger partial charge in [-0.2, -0.15) is 0 Å². The van der Waals surface area contributed by atoms with Crippen molar-refractivity contribution < 1.29 is 0 Å². The molecule has 1 aromatic heterocycles. The second-order valence-electron chi connectivity index (χ2n) is 4.59. The standard InChI is InChI=1S/C11H19N3/c1-8(12-5)9-6-14-10(7-13-9)11(2,3)4/h6-8,12H,1-5H3. The summed E-state index contributed by atoms with van der Waals surface area (Å²) in [6.07, 6.45) is 3.71. The van der Waals surface area contributed by atoms with Gasteiger partial charge in [-0.05, 0) is 14.0 Å². The predicted molar refractivity (Wildman–Crippen MR) is 58.2 cm³/mol. The van der Waals surface area contributed by atoms with E-state index in [0.717, 1.165) is 11.4 Å². The van der Waals surface area contributed by atoms with Gasteiger partial charge in [-0.1, -0.05) is 20.8 Å². The van der Waals surface area contributed by atoms with E-state index in [9.17, 15) is 0 Å². The molecule has 1 N–H and O–H groups in total. The fourth-order valence-corrected chi connectivity index (χ4v) is 1.10. The number of nitrogens with zero attached hydrogens (tertiary/aromatic N) is 2. The van der Waals surface area contributed by atoms with Crippen molar-refractivity contribution >= 4 is 0 Å². The summed E-state index contributed by atoms with van der Waals surface area (Å²) in [5.41, 5.74) is 2.10. The summed E-state index contributed by atoms with van der Waals surface area (Å²) in [5.74, 6) is 0. The summed E-state index contributed by atoms with van der Waals surface area (Å²) in [6.45, 7) is 8.48. The minimum Gasteiger partial charge on any atom is -0.312 e. The van der Waals surface area contributed by atoms with Gasteiger partial charge in [-0.25, -0.2) is 0 Å². The lowest BCUT2D eigenvalue weighted by Gasteiger charge is -2.18. The molecule has 0 bridgehead atoms. The molecular weight excluding hydrogens is 174 g/mol. The van der Waals surface area contributed by atoms with Crippen LogP contribution in [0.3, 0.4) is 0 Å². The third kappa shape index (κ3) is 2.51. The van der Waals surface area contributed by atoms with Crippen LogP contribution in [0.5, 0.6) is 0 Å². The summed E-state index contributed by atoms with van der Waals surface area (Å²) < 4.78 is 0. The molecule has 0 aliphatic carbocycles. The third-order valence-corrected chi connectivity index (χ3v) is 2.32. The summed E-state index contributed by atoms with van der Waals surface area (Å²) in [7, 11) is 1.92. The number of nitrogens with one attached hydrogen (secondary N) is 1. The predicted octanol–water partition coefficient (Wildman–Crippen LogP) is 2.05. The molecule has 0 aromatic carbocycles. The van der Waals surface area contributed by atoms with Crippen molar-refractivity contribution in [3.63, 3.8) is 0 Å². The number of hydrogen-bond donors (Lipinski definition) is 1. The highest BCUT2D eigenvalue weighted by Crippen LogP contribution is 2.19. The molecule has 0 radical (unpaired) electrons. The molecule has 0 fully saturated rings. The van der Waals surface area contributed by atoms with Crippen LogP contribution in [-0.2, 0) is 5.41 Å². The molecule has 14 heavy (non-hydrogen) atoms. The molecule has 0 saturated heterocycles. The first kappa shape index (κ1) is 11.1. The first-order valence-electron chi connectivity index (χ1n) is 4.95. The molecule has 0 spiro atoms. The van der Waals surface area contributed by atoms with Gasteiger partial charge in [-0.3, -0.25) is 9.97 Å². The third-order valence-electron chi connectivity index (χ3n) is 2.32. The summed E-state index contributed by atoms with van der Waals surface area (Å²) in [6, 6.07) is 0.261. The van der Waals surface area contributed by atoms with Crippen molar-refractivity contribution in [2.24, 2.45) is 0 Å². The van der Waals surface area contributed by atoms with Crippen LogP contribution in [0, 0.1) is 0 Å². The Morgan fingerprint density at radius 1 is 1.21 bits per heavy atom. The van der Waals surface area contributed by atoms with Gasteiger partial charge in [0.1, 0.15) is 0 Å². The zero-order chi connectivity index (χ0) is 10.8. The maximum Gasteiger partial charge on any atom is 0.0753 e. The molecular formula is C11H19N3. The molecule has 0 aliphatic rings. The van der Waals surface area contributed by atoms with E-state index in [1.807, 2.05) is 19.4 Å². The van der Waals surface area contributed by atoms with Crippen LogP contribution in [0.15, 0.2) is 12.4 Å². The van der Waals surface area contributed by atoms with Gasteiger partial charge >= 0.3 is 0 Å². The van der Waals surface area contributed by atoms with Gasteiger partial charge in [0.2, 0.25) is 0 Å². The maximum absolute atomic E-state index is 4.42. The minimum absolute atomic E-state index is 0.0778. The zero-order valence-electron chi connectivity index (χ0n) is 9.63. The Bertz CT molecular complexity index is 284. The number of rotatable bonds is 2. The van der Waals surface area contributed by atoms with Crippen LogP contribution >= 0.6 is 0 Å². The van der Waals surface area contributed by atoms with Gasteiger partial charge in [0.25, 0.3) is 0 Å². The Balaban J connectivity index is 2.89. The van der Waals surface area contributed by atoms with E-state index in [-0.39, 0.29) is 11.5 Å². The first-order valence-corrected chi connectivity index (χ1v) is 4.95. The number of aromatic nitrogens is 2. The van der Waals surface area contributed by atoms with Crippen LogP contribution in [-0.4, -0.2) is 17.0 Å². The Labute approximate surface area is 86.0 Å². The monoisotopic (exact) mass is 193 g/mol. The molecule has 78 valence electrons. The Kier molecular flexibility index (Phi) is 3.21. The van der Waals surface area contributed by atoms with Crippen molar-refractivity contribution in [3.05, 3.63) is 23.8 Å². The van der Waals surface area contributed by atoms with Gasteiger partial charge in [0.15, 0.2) is 0 Å². The van der Waals surface area contributed by atoms with E-state index in [4.69, 9.17) is 0 Å². The van der Waals surface area contributed by atoms with E-state index < -0.39 is 0 Å². The molecule has 1 heterocycles. The van der Waals surface area contributed by atoms with Crippen LogP contribution in [0.4, 0.5) is 0 Å². The largest absolute Gasteiger partial charge is 0.312 e. The second kappa shape index (κ2) is 4.05. The molecule has 0 aliphatic heterocycles. The lowest BCUT2D eigenvalue weighted by molar-refractivity contribution is 0.557. The van der Waals surface area contributed by atoms with Crippen molar-refractivity contribution in [2.45, 2.75) is 39.2 Å². The fourth-order valence-electron chi connectivity index (χ4n) is 1.10. The SMILES string of the molecule is CNC(C)c1cnc(C(C)(C)C)cn1. The minimum atomic E-state index is 0.0778. The van der Waals surface area contributed by atoms with E-state index in [1.54, 1.807) is 0 Å². The smallest absolute Gasteiger partial charge is 0.0753 e. The van der Waals surface area contributed by atoms with Crippen molar-refractivity contribution in [1.82, 2.24) is 15.3 Å². The number of hydrogen-bond acceptors (Lipinski definition) is 3. The highest BCUT2D eigenvalue weighted by Gasteiger charge is 2.16. The second-order valence-corrected chi connectivity index (χ2v) is 4.59. The quantitative estimate of drug-likeness (QED) is 0.781. The van der Waals surface area contributed by atoms with Crippen LogP contribution in [0.2, 0.25) is 0 Å². The lowest BCUT2D eigenvalue weighted by atomic mass is 9.93. The molecule has 1 rings (SSSR count). The Morgan fingerprint density at radius 2 is 1.86 bits per heavy atom. The topological polar surface area (TPSA) is 37.8 Å². The van der Waals surface area contributed by atoms with Gasteiger partial charge in [-0.15, -0.1) is 0 Å². The highest BCUT2D eigenvalue weighted by atomic mass is 14.9. The average molecular weight is 193 g/mol. The fraction of sp³-hybridized carbons (Fsp3) is 0.636. The van der Waals surface area contributed by atoms with Crippen LogP contribution in [0.25, 0.3) is 0 Å². The van der Waals surface area contributed by atoms with E-state index in [0.29, 0.717) is 0 Å². The van der Waals surface area contributed by atoms with E-state index >= 15 is 0 Å². The normalized spacial score (nSPS) is 14.1. The van der Waals surface area contributed by atoms with Gasteiger partial charge < -0.3 is 5.32 Å². The molecule has 1 unspecified atom stereocenters. The summed E-state index contributed by atoms with van der Waals surface area (Å²) in [5, 5.41) is 3.14. The maximum atomic E-state index is 4.42. The van der Waals surface area contributed by atoms with Crippen LogP contribution in [0.1, 0.15) is 45.1 Å². The summed E-state index contributed by atoms with van der Waals surface area (Å²) in [4.78, 5) is 8.81. The van der Waals surface area contributed by atoms with E-state index in [2.05, 4.69) is 43.0 Å². The van der Waals surface area contributed by atoms with Gasteiger partial charge in [0.05, 0.1) is 17.6 Å².